The molecule has 2 heterocycles. The zero-order valence-electron chi connectivity index (χ0n) is 23.3. The summed E-state index contributed by atoms with van der Waals surface area (Å²) < 4.78 is 50.3. The van der Waals surface area contributed by atoms with Gasteiger partial charge in [0.05, 0.1) is 6.61 Å². The Balaban J connectivity index is 1.40. The quantitative estimate of drug-likeness (QED) is 0.262. The number of carbonyl (C=O) groups is 1. The zero-order chi connectivity index (χ0) is 29.5. The summed E-state index contributed by atoms with van der Waals surface area (Å²) in [6.45, 7) is 7.02. The van der Waals surface area contributed by atoms with Gasteiger partial charge < -0.3 is 14.6 Å². The van der Waals surface area contributed by atoms with E-state index < -0.39 is 17.8 Å². The molecule has 1 fully saturated rings. The number of halogens is 3. The number of carbonyl (C=O) groups excluding carboxylic acids is 1. The minimum Gasteiger partial charge on any atom is -0.462 e. The van der Waals surface area contributed by atoms with Crippen LogP contribution in [0.15, 0.2) is 73.1 Å². The summed E-state index contributed by atoms with van der Waals surface area (Å²) in [5.74, 6) is -0.272. The van der Waals surface area contributed by atoms with Crippen LogP contribution in [0.1, 0.15) is 30.5 Å². The molecule has 1 aromatic heterocycles. The van der Waals surface area contributed by atoms with Crippen molar-refractivity contribution in [1.29, 1.82) is 0 Å². The molecular weight excluding hydrogens is 535 g/mol. The molecule has 1 aliphatic rings. The fraction of sp³-hybridized carbons (Fsp3) is 0.419. The van der Waals surface area contributed by atoms with Crippen molar-refractivity contribution < 1.29 is 32.5 Å². The van der Waals surface area contributed by atoms with Gasteiger partial charge in [-0.1, -0.05) is 48.5 Å². The summed E-state index contributed by atoms with van der Waals surface area (Å²) in [5.41, 5.74) is 0.607. The molecule has 0 spiro atoms. The van der Waals surface area contributed by atoms with Crippen molar-refractivity contribution in [1.82, 2.24) is 14.8 Å². The average molecular weight is 572 g/mol. The summed E-state index contributed by atoms with van der Waals surface area (Å²) in [7, 11) is 0. The van der Waals surface area contributed by atoms with E-state index in [9.17, 15) is 23.1 Å². The van der Waals surface area contributed by atoms with E-state index in [1.54, 1.807) is 24.5 Å². The molecule has 1 aliphatic heterocycles. The van der Waals surface area contributed by atoms with Crippen LogP contribution in [0.3, 0.4) is 0 Å². The van der Waals surface area contributed by atoms with Crippen LogP contribution >= 0.6 is 0 Å². The first kappa shape index (κ1) is 30.6. The Morgan fingerprint density at radius 1 is 0.927 bits per heavy atom. The fourth-order valence-corrected chi connectivity index (χ4v) is 4.81. The molecule has 3 aromatic rings. The van der Waals surface area contributed by atoms with Crippen LogP contribution in [0.2, 0.25) is 0 Å². The number of hydrogen-bond acceptors (Lipinski definition) is 7. The molecule has 2 unspecified atom stereocenters. The first-order chi connectivity index (χ1) is 19.6. The maximum atomic E-state index is 13.2. The van der Waals surface area contributed by atoms with Gasteiger partial charge in [0.15, 0.2) is 5.60 Å². The highest BCUT2D eigenvalue weighted by molar-refractivity contribution is 5.76. The Morgan fingerprint density at radius 3 is 2.15 bits per heavy atom. The Morgan fingerprint density at radius 2 is 1.54 bits per heavy atom. The number of esters is 1. The molecule has 1 saturated heterocycles. The van der Waals surface area contributed by atoms with Gasteiger partial charge in [0.1, 0.15) is 12.6 Å². The molecule has 41 heavy (non-hydrogen) atoms. The summed E-state index contributed by atoms with van der Waals surface area (Å²) in [4.78, 5) is 21.5. The molecule has 0 saturated carbocycles. The molecule has 2 aromatic carbocycles. The monoisotopic (exact) mass is 571 g/mol. The summed E-state index contributed by atoms with van der Waals surface area (Å²) in [6, 6.07) is 17.0. The number of pyridine rings is 1. The van der Waals surface area contributed by atoms with Crippen molar-refractivity contribution in [2.45, 2.75) is 44.8 Å². The maximum Gasteiger partial charge on any atom is 0.421 e. The second-order valence-electron chi connectivity index (χ2n) is 10.3. The molecule has 2 atom stereocenters. The SMILES string of the molecule is CCOCCOC(=O)C1CN(Cc2ccc(-c3ccc(C(C)(O)C(F)(F)F)cc3)cc2)CCN1Cc1ccncc1. The third-order valence-electron chi connectivity index (χ3n) is 7.35. The van der Waals surface area contributed by atoms with Gasteiger partial charge in [0, 0.05) is 51.7 Å². The largest absolute Gasteiger partial charge is 0.462 e. The van der Waals surface area contributed by atoms with E-state index in [-0.39, 0.29) is 18.1 Å². The lowest BCUT2D eigenvalue weighted by molar-refractivity contribution is -0.258. The fourth-order valence-electron chi connectivity index (χ4n) is 4.81. The van der Waals surface area contributed by atoms with Gasteiger partial charge in [0.2, 0.25) is 0 Å². The normalized spacial score (nSPS) is 18.1. The number of aromatic nitrogens is 1. The van der Waals surface area contributed by atoms with Gasteiger partial charge in [-0.2, -0.15) is 13.2 Å². The Hall–Kier alpha value is -3.31. The molecule has 4 rings (SSSR count). The third kappa shape index (κ3) is 7.91. The van der Waals surface area contributed by atoms with Crippen molar-refractivity contribution in [3.8, 4) is 11.1 Å². The topological polar surface area (TPSA) is 75.1 Å². The molecule has 0 amide bonds. The Kier molecular flexibility index (Phi) is 10.1. The van der Waals surface area contributed by atoms with Gasteiger partial charge in [0.25, 0.3) is 0 Å². The molecule has 0 bridgehead atoms. The molecule has 220 valence electrons. The number of ether oxygens (including phenoxy) is 2. The van der Waals surface area contributed by atoms with Gasteiger partial charge in [-0.05, 0) is 53.8 Å². The second-order valence-corrected chi connectivity index (χ2v) is 10.3. The summed E-state index contributed by atoms with van der Waals surface area (Å²) in [5, 5.41) is 9.91. The Labute approximate surface area is 238 Å². The van der Waals surface area contributed by atoms with Crippen LogP contribution in [0.4, 0.5) is 13.2 Å². The molecular formula is C31H36F3N3O4. The number of rotatable bonds is 11. The third-order valence-corrected chi connectivity index (χ3v) is 7.35. The highest BCUT2D eigenvalue weighted by Gasteiger charge is 2.51. The van der Waals surface area contributed by atoms with Gasteiger partial charge >= 0.3 is 12.1 Å². The van der Waals surface area contributed by atoms with Crippen molar-refractivity contribution in [3.63, 3.8) is 0 Å². The number of piperazine rings is 1. The predicted molar refractivity (Wildman–Crippen MR) is 149 cm³/mol. The molecule has 10 heteroatoms. The number of nitrogens with zero attached hydrogens (tertiary/aromatic N) is 3. The first-order valence-corrected chi connectivity index (χ1v) is 13.7. The molecule has 7 nitrogen and oxygen atoms in total. The van der Waals surface area contributed by atoms with Crippen molar-refractivity contribution >= 4 is 5.97 Å². The number of alkyl halides is 3. The molecule has 1 N–H and O–H groups in total. The standard InChI is InChI=1S/C31H36F3N3O4/c1-3-40-18-19-41-29(38)28-22-36(16-17-37(28)21-24-12-14-35-15-13-24)20-23-4-6-25(7-5-23)26-8-10-27(11-9-26)30(2,39)31(32,33)34/h4-15,28,39H,3,16-22H2,1-2H3. The van der Waals surface area contributed by atoms with E-state index >= 15 is 0 Å². The van der Waals surface area contributed by atoms with Crippen LogP contribution in [-0.4, -0.2) is 77.5 Å². The van der Waals surface area contributed by atoms with Crippen molar-refractivity contribution in [3.05, 3.63) is 89.7 Å². The first-order valence-electron chi connectivity index (χ1n) is 13.7. The van der Waals surface area contributed by atoms with Crippen molar-refractivity contribution in [2.75, 3.05) is 39.5 Å². The Bertz CT molecular complexity index is 1250. The van der Waals surface area contributed by atoms with E-state index in [1.807, 2.05) is 43.3 Å². The van der Waals surface area contributed by atoms with Gasteiger partial charge in [-0.15, -0.1) is 0 Å². The second kappa shape index (κ2) is 13.6. The zero-order valence-corrected chi connectivity index (χ0v) is 23.3. The van der Waals surface area contributed by atoms with Crippen LogP contribution < -0.4 is 0 Å². The number of hydrogen-bond donors (Lipinski definition) is 1. The van der Waals surface area contributed by atoms with Gasteiger partial charge in [-0.3, -0.25) is 19.6 Å². The minimum atomic E-state index is -4.76. The summed E-state index contributed by atoms with van der Waals surface area (Å²) in [6.07, 6.45) is -1.28. The van der Waals surface area contributed by atoms with E-state index in [1.165, 1.54) is 12.1 Å². The average Bonchev–Trinajstić information content (AvgIpc) is 2.96. The van der Waals surface area contributed by atoms with Crippen LogP contribution in [0.5, 0.6) is 0 Å². The number of aliphatic hydroxyl groups is 1. The highest BCUT2D eigenvalue weighted by Crippen LogP contribution is 2.39. The van der Waals surface area contributed by atoms with Gasteiger partial charge in [-0.25, -0.2) is 0 Å². The van der Waals surface area contributed by atoms with E-state index in [0.29, 0.717) is 39.4 Å². The lowest BCUT2D eigenvalue weighted by Crippen LogP contribution is -2.56. The van der Waals surface area contributed by atoms with Crippen LogP contribution in [0, 0.1) is 0 Å². The minimum absolute atomic E-state index is 0.209. The van der Waals surface area contributed by atoms with E-state index in [4.69, 9.17) is 9.47 Å². The molecule has 0 aliphatic carbocycles. The van der Waals surface area contributed by atoms with E-state index in [0.717, 1.165) is 35.7 Å². The lowest BCUT2D eigenvalue weighted by Gasteiger charge is -2.40. The van der Waals surface area contributed by atoms with Crippen molar-refractivity contribution in [2.24, 2.45) is 0 Å². The van der Waals surface area contributed by atoms with Crippen LogP contribution in [0.25, 0.3) is 11.1 Å². The molecule has 0 radical (unpaired) electrons. The predicted octanol–water partition coefficient (Wildman–Crippen LogP) is 4.78. The smallest absolute Gasteiger partial charge is 0.421 e. The maximum absolute atomic E-state index is 13.2. The highest BCUT2D eigenvalue weighted by atomic mass is 19.4. The number of benzene rings is 2. The van der Waals surface area contributed by atoms with E-state index in [2.05, 4.69) is 14.8 Å². The summed E-state index contributed by atoms with van der Waals surface area (Å²) >= 11 is 0. The van der Waals surface area contributed by atoms with Crippen LogP contribution in [-0.2, 0) is 33.0 Å². The lowest BCUT2D eigenvalue weighted by atomic mass is 9.93.